The first kappa shape index (κ1) is 8.20. The van der Waals surface area contributed by atoms with Gasteiger partial charge in [-0.25, -0.2) is 15.0 Å². The molecule has 0 saturated heterocycles. The summed E-state index contributed by atoms with van der Waals surface area (Å²) in [5, 5.41) is -0.435. The molecular formula is C5H4N4O3S. The number of aliphatic imine (C=N–C) groups is 4. The van der Waals surface area contributed by atoms with Gasteiger partial charge < -0.3 is 0 Å². The van der Waals surface area contributed by atoms with Crippen LogP contribution in [0.1, 0.15) is 0 Å². The second-order valence-electron chi connectivity index (χ2n) is 2.34. The Labute approximate surface area is 73.4 Å². The maximum Gasteiger partial charge on any atom is 0.310 e. The molecule has 8 heteroatoms. The van der Waals surface area contributed by atoms with Gasteiger partial charge in [0, 0.05) is 0 Å². The lowest BCUT2D eigenvalue weighted by Crippen LogP contribution is -2.33. The van der Waals surface area contributed by atoms with Gasteiger partial charge in [-0.1, -0.05) is 0 Å². The Kier molecular flexibility index (Phi) is 1.60. The van der Waals surface area contributed by atoms with Gasteiger partial charge in [0.05, 0.1) is 0 Å². The molecule has 2 rings (SSSR count). The molecule has 0 bridgehead atoms. The van der Waals surface area contributed by atoms with E-state index in [1.807, 2.05) is 0 Å². The van der Waals surface area contributed by atoms with Crippen molar-refractivity contribution < 1.29 is 13.0 Å². The van der Waals surface area contributed by atoms with Gasteiger partial charge in [-0.2, -0.15) is 8.42 Å². The van der Waals surface area contributed by atoms with Gasteiger partial charge in [0.25, 0.3) is 0 Å². The molecule has 1 unspecified atom stereocenters. The van der Waals surface area contributed by atoms with Gasteiger partial charge in [0.1, 0.15) is 12.7 Å². The summed E-state index contributed by atoms with van der Waals surface area (Å²) in [7, 11) is -4.32. The number of hydrogen-bond acceptors (Lipinski definition) is 6. The van der Waals surface area contributed by atoms with Crippen LogP contribution in [0.15, 0.2) is 20.0 Å². The lowest BCUT2D eigenvalue weighted by molar-refractivity contribution is 0.497. The molecule has 0 aromatic rings. The predicted octanol–water partition coefficient (Wildman–Crippen LogP) is -0.876. The monoisotopic (exact) mass is 200 g/mol. The fourth-order valence-electron chi connectivity index (χ4n) is 0.998. The van der Waals surface area contributed by atoms with E-state index in [-0.39, 0.29) is 5.84 Å². The largest absolute Gasteiger partial charge is 0.310 e. The van der Waals surface area contributed by atoms with E-state index >= 15 is 0 Å². The van der Waals surface area contributed by atoms with Gasteiger partial charge >= 0.3 is 10.1 Å². The topological polar surface area (TPSA) is 104 Å². The molecule has 7 nitrogen and oxygen atoms in total. The predicted molar refractivity (Wildman–Crippen MR) is 47.2 cm³/mol. The van der Waals surface area contributed by atoms with E-state index in [0.717, 1.165) is 6.34 Å². The summed E-state index contributed by atoms with van der Waals surface area (Å²) in [6, 6.07) is -0.875. The summed E-state index contributed by atoms with van der Waals surface area (Å²) in [6.07, 6.45) is 2.20. The van der Waals surface area contributed by atoms with Crippen LogP contribution in [0.3, 0.4) is 0 Å². The lowest BCUT2D eigenvalue weighted by Gasteiger charge is -2.10. The summed E-state index contributed by atoms with van der Waals surface area (Å²) in [5.74, 6) is 0.225. The lowest BCUT2D eigenvalue weighted by atomic mass is 10.3. The Bertz CT molecular complexity index is 458. The number of amidine groups is 1. The van der Waals surface area contributed by atoms with Crippen LogP contribution >= 0.6 is 0 Å². The molecule has 1 atom stereocenters. The SMILES string of the molecule is O=S(=O)(O)C1=NC=NC2=NC=NC21. The molecule has 0 spiro atoms. The normalized spacial score (nSPS) is 25.5. The molecular weight excluding hydrogens is 196 g/mol. The first-order chi connectivity index (χ1) is 6.09. The van der Waals surface area contributed by atoms with Crippen molar-refractivity contribution in [3.63, 3.8) is 0 Å². The summed E-state index contributed by atoms with van der Waals surface area (Å²) in [6.45, 7) is 0. The Morgan fingerprint density at radius 3 is 2.77 bits per heavy atom. The van der Waals surface area contributed by atoms with E-state index in [4.69, 9.17) is 4.55 Å². The fraction of sp³-hybridized carbons (Fsp3) is 0.200. The van der Waals surface area contributed by atoms with Crippen molar-refractivity contribution in [2.45, 2.75) is 6.04 Å². The van der Waals surface area contributed by atoms with Gasteiger partial charge in [-0.15, -0.1) is 0 Å². The van der Waals surface area contributed by atoms with Gasteiger partial charge in [0.2, 0.25) is 0 Å². The minimum atomic E-state index is -4.32. The second kappa shape index (κ2) is 2.54. The van der Waals surface area contributed by atoms with Gasteiger partial charge in [-0.3, -0.25) is 9.55 Å². The average Bonchev–Trinajstić information content (AvgIpc) is 2.48. The van der Waals surface area contributed by atoms with Crippen LogP contribution in [-0.4, -0.2) is 42.6 Å². The quantitative estimate of drug-likeness (QED) is 0.513. The Balaban J connectivity index is 2.51. The molecule has 1 N–H and O–H groups in total. The second-order valence-corrected chi connectivity index (χ2v) is 3.71. The molecule has 0 radical (unpaired) electrons. The van der Waals surface area contributed by atoms with Crippen LogP contribution in [0.4, 0.5) is 0 Å². The number of nitrogens with zero attached hydrogens (tertiary/aromatic N) is 4. The van der Waals surface area contributed by atoms with Crippen molar-refractivity contribution in [3.05, 3.63) is 0 Å². The van der Waals surface area contributed by atoms with Crippen LogP contribution in [0, 0.1) is 0 Å². The molecule has 0 aromatic heterocycles. The van der Waals surface area contributed by atoms with E-state index in [9.17, 15) is 8.42 Å². The molecule has 0 saturated carbocycles. The minimum absolute atomic E-state index is 0.225. The molecule has 0 fully saturated rings. The molecule has 68 valence electrons. The van der Waals surface area contributed by atoms with Crippen molar-refractivity contribution in [1.82, 2.24) is 0 Å². The average molecular weight is 200 g/mol. The molecule has 2 aliphatic rings. The maximum atomic E-state index is 10.8. The third kappa shape index (κ3) is 1.29. The van der Waals surface area contributed by atoms with E-state index in [0.29, 0.717) is 0 Å². The molecule has 2 aliphatic heterocycles. The Morgan fingerprint density at radius 2 is 2.08 bits per heavy atom. The fourth-order valence-corrected chi connectivity index (χ4v) is 1.63. The highest BCUT2D eigenvalue weighted by molar-refractivity contribution is 8.01. The maximum absolute atomic E-state index is 10.8. The zero-order valence-corrected chi connectivity index (χ0v) is 7.01. The zero-order chi connectivity index (χ0) is 9.47. The van der Waals surface area contributed by atoms with E-state index in [2.05, 4.69) is 20.0 Å². The van der Waals surface area contributed by atoms with Crippen molar-refractivity contribution in [2.75, 3.05) is 0 Å². The Morgan fingerprint density at radius 1 is 1.31 bits per heavy atom. The molecule has 13 heavy (non-hydrogen) atoms. The van der Waals surface area contributed by atoms with Crippen LogP contribution in [0.5, 0.6) is 0 Å². The highest BCUT2D eigenvalue weighted by Crippen LogP contribution is 2.12. The van der Waals surface area contributed by atoms with Gasteiger partial charge in [0.15, 0.2) is 16.9 Å². The van der Waals surface area contributed by atoms with Crippen LogP contribution in [0.2, 0.25) is 0 Å². The van der Waals surface area contributed by atoms with E-state index in [1.54, 1.807) is 0 Å². The molecule has 0 aliphatic carbocycles. The van der Waals surface area contributed by atoms with Crippen LogP contribution < -0.4 is 0 Å². The number of hydrogen-bond donors (Lipinski definition) is 1. The van der Waals surface area contributed by atoms with Crippen LogP contribution in [-0.2, 0) is 10.1 Å². The first-order valence-electron chi connectivity index (χ1n) is 3.26. The highest BCUT2D eigenvalue weighted by Gasteiger charge is 2.33. The third-order valence-corrected chi connectivity index (χ3v) is 2.38. The smallest absolute Gasteiger partial charge is 0.281 e. The van der Waals surface area contributed by atoms with Crippen molar-refractivity contribution in [3.8, 4) is 0 Å². The Hall–Kier alpha value is -1.41. The summed E-state index contributed by atoms with van der Waals surface area (Å²) < 4.78 is 30.3. The summed E-state index contributed by atoms with van der Waals surface area (Å²) in [4.78, 5) is 14.5. The zero-order valence-electron chi connectivity index (χ0n) is 6.19. The van der Waals surface area contributed by atoms with E-state index < -0.39 is 21.2 Å². The van der Waals surface area contributed by atoms with Crippen LogP contribution in [0.25, 0.3) is 0 Å². The van der Waals surface area contributed by atoms with Crippen molar-refractivity contribution in [1.29, 1.82) is 0 Å². The minimum Gasteiger partial charge on any atom is -0.281 e. The molecule has 2 heterocycles. The van der Waals surface area contributed by atoms with Crippen molar-refractivity contribution in [2.24, 2.45) is 20.0 Å². The standard InChI is InChI=1S/C5H4N4O3S/c10-13(11,12)5-3-4(7-1-6-3)8-2-9-5/h1-3H,(H,10,11,12). The molecule has 0 amide bonds. The summed E-state index contributed by atoms with van der Waals surface area (Å²) >= 11 is 0. The first-order valence-corrected chi connectivity index (χ1v) is 4.70. The summed E-state index contributed by atoms with van der Waals surface area (Å²) in [5.41, 5.74) is 0. The van der Waals surface area contributed by atoms with Gasteiger partial charge in [-0.05, 0) is 0 Å². The highest BCUT2D eigenvalue weighted by atomic mass is 32.2. The molecule has 0 aromatic carbocycles. The number of fused-ring (bicyclic) bond motifs is 1. The van der Waals surface area contributed by atoms with Crippen molar-refractivity contribution >= 4 is 33.7 Å². The number of rotatable bonds is 0. The van der Waals surface area contributed by atoms with E-state index in [1.165, 1.54) is 6.34 Å². The third-order valence-electron chi connectivity index (χ3n) is 1.52.